The van der Waals surface area contributed by atoms with Gasteiger partial charge >= 0.3 is 6.09 Å². The monoisotopic (exact) mass is 402 g/mol. The van der Waals surface area contributed by atoms with Crippen molar-refractivity contribution in [3.8, 4) is 0 Å². The molecule has 1 saturated heterocycles. The SMILES string of the molecule is CC(C)(C)OC(=O)N1CCN(CC(=O)Nc2c(Cl)cc(N)cc2Cl)CC1. The molecule has 0 aromatic heterocycles. The summed E-state index contributed by atoms with van der Waals surface area (Å²) in [6, 6.07) is 3.06. The predicted octanol–water partition coefficient (Wildman–Crippen LogP) is 3.07. The van der Waals surface area contributed by atoms with Crippen molar-refractivity contribution in [2.45, 2.75) is 26.4 Å². The van der Waals surface area contributed by atoms with Crippen molar-refractivity contribution in [2.24, 2.45) is 0 Å². The average molecular weight is 403 g/mol. The largest absolute Gasteiger partial charge is 0.444 e. The summed E-state index contributed by atoms with van der Waals surface area (Å²) in [7, 11) is 0. The third-order valence-electron chi connectivity index (χ3n) is 3.72. The van der Waals surface area contributed by atoms with Crippen LogP contribution in [0.5, 0.6) is 0 Å². The molecule has 0 unspecified atom stereocenters. The third-order valence-corrected chi connectivity index (χ3v) is 4.32. The second-order valence-electron chi connectivity index (χ2n) is 7.15. The highest BCUT2D eigenvalue weighted by molar-refractivity contribution is 6.40. The summed E-state index contributed by atoms with van der Waals surface area (Å²) < 4.78 is 5.36. The van der Waals surface area contributed by atoms with Gasteiger partial charge in [-0.25, -0.2) is 4.79 Å². The Morgan fingerprint density at radius 2 is 1.69 bits per heavy atom. The van der Waals surface area contributed by atoms with E-state index in [-0.39, 0.29) is 28.6 Å². The fraction of sp³-hybridized carbons (Fsp3) is 0.529. The Balaban J connectivity index is 1.84. The van der Waals surface area contributed by atoms with Crippen molar-refractivity contribution >= 4 is 46.6 Å². The van der Waals surface area contributed by atoms with Gasteiger partial charge < -0.3 is 20.7 Å². The number of anilines is 2. The Labute approximate surface area is 163 Å². The number of halogens is 2. The molecule has 0 atom stereocenters. The normalized spacial score (nSPS) is 15.7. The van der Waals surface area contributed by atoms with Crippen LogP contribution in [-0.4, -0.2) is 60.1 Å². The molecule has 26 heavy (non-hydrogen) atoms. The first-order valence-electron chi connectivity index (χ1n) is 8.30. The Morgan fingerprint density at radius 3 is 2.19 bits per heavy atom. The van der Waals surface area contributed by atoms with Crippen LogP contribution in [0.4, 0.5) is 16.2 Å². The minimum Gasteiger partial charge on any atom is -0.444 e. The van der Waals surface area contributed by atoms with E-state index in [0.29, 0.717) is 37.6 Å². The van der Waals surface area contributed by atoms with E-state index in [1.54, 1.807) is 4.90 Å². The number of nitrogens with zero attached hydrogens (tertiary/aromatic N) is 2. The highest BCUT2D eigenvalue weighted by atomic mass is 35.5. The molecule has 0 aliphatic carbocycles. The first-order valence-corrected chi connectivity index (χ1v) is 9.05. The number of hydrogen-bond donors (Lipinski definition) is 2. The van der Waals surface area contributed by atoms with Crippen LogP contribution >= 0.6 is 23.2 Å². The van der Waals surface area contributed by atoms with E-state index in [1.165, 1.54) is 12.1 Å². The van der Waals surface area contributed by atoms with E-state index in [0.717, 1.165) is 0 Å². The maximum atomic E-state index is 12.3. The van der Waals surface area contributed by atoms with Crippen molar-refractivity contribution in [3.05, 3.63) is 22.2 Å². The van der Waals surface area contributed by atoms with Gasteiger partial charge in [0.1, 0.15) is 5.60 Å². The number of hydrogen-bond acceptors (Lipinski definition) is 5. The molecule has 1 aromatic carbocycles. The van der Waals surface area contributed by atoms with Crippen molar-refractivity contribution < 1.29 is 14.3 Å². The van der Waals surface area contributed by atoms with E-state index in [4.69, 9.17) is 33.7 Å². The Hall–Kier alpha value is -1.70. The fourth-order valence-electron chi connectivity index (χ4n) is 2.51. The van der Waals surface area contributed by atoms with Gasteiger partial charge in [0, 0.05) is 31.9 Å². The van der Waals surface area contributed by atoms with Gasteiger partial charge in [-0.1, -0.05) is 23.2 Å². The van der Waals surface area contributed by atoms with E-state index < -0.39 is 5.60 Å². The van der Waals surface area contributed by atoms with Gasteiger partial charge in [0.2, 0.25) is 5.91 Å². The molecule has 1 aromatic rings. The maximum Gasteiger partial charge on any atom is 0.410 e. The summed E-state index contributed by atoms with van der Waals surface area (Å²) in [6.45, 7) is 7.85. The summed E-state index contributed by atoms with van der Waals surface area (Å²) in [5.74, 6) is -0.232. The number of carbonyl (C=O) groups excluding carboxylic acids is 2. The summed E-state index contributed by atoms with van der Waals surface area (Å²) in [5, 5.41) is 3.29. The maximum absolute atomic E-state index is 12.3. The van der Waals surface area contributed by atoms with Gasteiger partial charge in [-0.2, -0.15) is 0 Å². The van der Waals surface area contributed by atoms with Crippen LogP contribution in [0.25, 0.3) is 0 Å². The van der Waals surface area contributed by atoms with Crippen LogP contribution in [0.2, 0.25) is 10.0 Å². The summed E-state index contributed by atoms with van der Waals surface area (Å²) in [4.78, 5) is 27.9. The zero-order valence-corrected chi connectivity index (χ0v) is 16.7. The highest BCUT2D eigenvalue weighted by Crippen LogP contribution is 2.32. The van der Waals surface area contributed by atoms with Crippen LogP contribution in [0.1, 0.15) is 20.8 Å². The standard InChI is InChI=1S/C17H24Cl2N4O3/c1-17(2,3)26-16(25)23-6-4-22(5-7-23)10-14(24)21-15-12(18)8-11(20)9-13(15)19/h8-9H,4-7,10,20H2,1-3H3,(H,21,24). The Bertz CT molecular complexity index is 660. The van der Waals surface area contributed by atoms with Crippen LogP contribution in [0.3, 0.4) is 0 Å². The number of rotatable bonds is 3. The fourth-order valence-corrected chi connectivity index (χ4v) is 3.11. The topological polar surface area (TPSA) is 87.9 Å². The minimum atomic E-state index is -0.522. The molecule has 144 valence electrons. The number of nitrogens with two attached hydrogens (primary N) is 1. The summed E-state index contributed by atoms with van der Waals surface area (Å²) in [6.07, 6.45) is -0.331. The smallest absolute Gasteiger partial charge is 0.410 e. The average Bonchev–Trinajstić information content (AvgIpc) is 2.50. The highest BCUT2D eigenvalue weighted by Gasteiger charge is 2.26. The molecule has 1 aliphatic heterocycles. The molecule has 1 heterocycles. The van der Waals surface area contributed by atoms with Crippen molar-refractivity contribution in [1.29, 1.82) is 0 Å². The summed E-state index contributed by atoms with van der Waals surface area (Å²) >= 11 is 12.2. The van der Waals surface area contributed by atoms with E-state index in [9.17, 15) is 9.59 Å². The number of nitrogens with one attached hydrogen (secondary N) is 1. The van der Waals surface area contributed by atoms with Crippen LogP contribution in [0.15, 0.2) is 12.1 Å². The lowest BCUT2D eigenvalue weighted by molar-refractivity contribution is -0.117. The van der Waals surface area contributed by atoms with E-state index in [2.05, 4.69) is 5.32 Å². The van der Waals surface area contributed by atoms with E-state index in [1.807, 2.05) is 25.7 Å². The van der Waals surface area contributed by atoms with Crippen molar-refractivity contribution in [3.63, 3.8) is 0 Å². The molecule has 9 heteroatoms. The minimum absolute atomic E-state index is 0.180. The lowest BCUT2D eigenvalue weighted by atomic mass is 10.2. The van der Waals surface area contributed by atoms with Crippen molar-refractivity contribution in [1.82, 2.24) is 9.80 Å². The second-order valence-corrected chi connectivity index (χ2v) is 7.97. The van der Waals surface area contributed by atoms with Crippen LogP contribution in [0, 0.1) is 0 Å². The molecule has 7 nitrogen and oxygen atoms in total. The first kappa shape index (κ1) is 20.6. The lowest BCUT2D eigenvalue weighted by Gasteiger charge is -2.35. The molecule has 1 fully saturated rings. The zero-order valence-electron chi connectivity index (χ0n) is 15.1. The number of piperazine rings is 1. The lowest BCUT2D eigenvalue weighted by Crippen LogP contribution is -2.51. The molecule has 2 amide bonds. The molecule has 0 radical (unpaired) electrons. The van der Waals surface area contributed by atoms with Crippen LogP contribution < -0.4 is 11.1 Å². The number of nitrogen functional groups attached to an aromatic ring is 1. The van der Waals surface area contributed by atoms with Gasteiger partial charge in [-0.15, -0.1) is 0 Å². The molecular formula is C17H24Cl2N4O3. The Kier molecular flexibility index (Phi) is 6.60. The first-order chi connectivity index (χ1) is 12.0. The van der Waals surface area contributed by atoms with Gasteiger partial charge in [0.25, 0.3) is 0 Å². The molecular weight excluding hydrogens is 379 g/mol. The van der Waals surface area contributed by atoms with E-state index >= 15 is 0 Å². The molecule has 0 spiro atoms. The number of amides is 2. The van der Waals surface area contributed by atoms with Gasteiger partial charge in [-0.05, 0) is 32.9 Å². The Morgan fingerprint density at radius 1 is 1.15 bits per heavy atom. The quantitative estimate of drug-likeness (QED) is 0.758. The number of benzene rings is 1. The number of carbonyl (C=O) groups is 2. The molecule has 3 N–H and O–H groups in total. The van der Waals surface area contributed by atoms with Gasteiger partial charge in [-0.3, -0.25) is 9.69 Å². The van der Waals surface area contributed by atoms with Crippen molar-refractivity contribution in [2.75, 3.05) is 43.8 Å². The van der Waals surface area contributed by atoms with Crippen LogP contribution in [-0.2, 0) is 9.53 Å². The second kappa shape index (κ2) is 8.33. The predicted molar refractivity (Wildman–Crippen MR) is 104 cm³/mol. The molecule has 2 rings (SSSR count). The van der Waals surface area contributed by atoms with Gasteiger partial charge in [0.05, 0.1) is 22.3 Å². The molecule has 0 saturated carbocycles. The third kappa shape index (κ3) is 5.93. The zero-order chi connectivity index (χ0) is 19.5. The summed E-state index contributed by atoms with van der Waals surface area (Å²) in [5.41, 5.74) is 5.90. The number of ether oxygens (including phenoxy) is 1. The molecule has 0 bridgehead atoms. The molecule has 1 aliphatic rings. The van der Waals surface area contributed by atoms with Gasteiger partial charge in [0.15, 0.2) is 0 Å².